The number of carbonyl (C=O) groups is 5. The van der Waals surface area contributed by atoms with Gasteiger partial charge in [0.1, 0.15) is 5.82 Å². The monoisotopic (exact) mass is 525 g/mol. The highest BCUT2D eigenvalue weighted by molar-refractivity contribution is 7.92. The number of ketones is 4. The maximum absolute atomic E-state index is 15.0. The average molecular weight is 526 g/mol. The fourth-order valence-corrected chi connectivity index (χ4v) is 6.46. The number of anilines is 1. The van der Waals surface area contributed by atoms with E-state index in [1.807, 2.05) is 4.72 Å². The number of carbonyl (C=O) groups excluding carboxylic acids is 5. The lowest BCUT2D eigenvalue weighted by Crippen LogP contribution is -2.74. The zero-order chi connectivity index (χ0) is 27.1. The van der Waals surface area contributed by atoms with Crippen LogP contribution in [0, 0.1) is 29.5 Å². The fraction of sp³-hybridized carbons (Fsp3) is 0.500. The van der Waals surface area contributed by atoms with Crippen molar-refractivity contribution in [3.05, 3.63) is 23.0 Å². The van der Waals surface area contributed by atoms with Gasteiger partial charge in [-0.25, -0.2) is 12.8 Å². The number of hydrogen-bond donors (Lipinski definition) is 4. The number of primary amides is 1. The molecule has 1 amide bonds. The number of rotatable bonds is 4. The van der Waals surface area contributed by atoms with E-state index in [9.17, 15) is 47.0 Å². The van der Waals surface area contributed by atoms with Gasteiger partial charge in [-0.2, -0.15) is 0 Å². The van der Waals surface area contributed by atoms with Crippen LogP contribution in [0.15, 0.2) is 6.07 Å². The van der Waals surface area contributed by atoms with Crippen LogP contribution in [0.4, 0.5) is 10.1 Å². The Morgan fingerprint density at radius 2 is 1.83 bits per heavy atom. The van der Waals surface area contributed by atoms with Crippen LogP contribution in [-0.4, -0.2) is 84.6 Å². The van der Waals surface area contributed by atoms with Crippen LogP contribution in [0.1, 0.15) is 22.3 Å². The number of Topliss-reactive ketones (excluding diaryl/α,β-unsaturated/α-hetero) is 4. The zero-order valence-corrected chi connectivity index (χ0v) is 20.3. The number of sulfonamides is 1. The number of amides is 1. The number of halogens is 1. The Morgan fingerprint density at radius 1 is 1.22 bits per heavy atom. The van der Waals surface area contributed by atoms with E-state index in [1.54, 1.807) is 0 Å². The van der Waals surface area contributed by atoms with Gasteiger partial charge in [-0.15, -0.1) is 0 Å². The number of benzene rings is 1. The molecule has 2 unspecified atom stereocenters. The molecule has 5 N–H and O–H groups in total. The topological polar surface area (TPSA) is 201 Å². The fourth-order valence-electron chi connectivity index (χ4n) is 5.90. The summed E-state index contributed by atoms with van der Waals surface area (Å²) in [6.07, 6.45) is 0.242. The van der Waals surface area contributed by atoms with E-state index in [0.29, 0.717) is 6.07 Å². The Morgan fingerprint density at radius 3 is 2.36 bits per heavy atom. The van der Waals surface area contributed by atoms with E-state index in [4.69, 9.17) is 5.73 Å². The van der Waals surface area contributed by atoms with Crippen molar-refractivity contribution in [2.45, 2.75) is 24.5 Å². The van der Waals surface area contributed by atoms with Crippen molar-refractivity contribution in [1.29, 1.82) is 0 Å². The van der Waals surface area contributed by atoms with E-state index in [2.05, 4.69) is 0 Å². The third-order valence-electron chi connectivity index (χ3n) is 7.30. The maximum atomic E-state index is 15.0. The second-order valence-electron chi connectivity index (χ2n) is 9.77. The van der Waals surface area contributed by atoms with Crippen molar-refractivity contribution >= 4 is 44.8 Å². The predicted molar refractivity (Wildman–Crippen MR) is 120 cm³/mol. The summed E-state index contributed by atoms with van der Waals surface area (Å²) in [5, 5.41) is 22.1. The Bertz CT molecular complexity index is 1360. The van der Waals surface area contributed by atoms with Gasteiger partial charge in [0.2, 0.25) is 15.9 Å². The van der Waals surface area contributed by atoms with Crippen LogP contribution in [0.25, 0.3) is 0 Å². The first-order chi connectivity index (χ1) is 16.5. The molecule has 1 aromatic rings. The Kier molecular flexibility index (Phi) is 5.85. The first-order valence-electron chi connectivity index (χ1n) is 10.9. The molecule has 0 saturated heterocycles. The molecule has 3 aliphatic rings. The highest BCUT2D eigenvalue weighted by Gasteiger charge is 2.69. The smallest absolute Gasteiger partial charge is 0.235 e. The van der Waals surface area contributed by atoms with Crippen molar-refractivity contribution in [1.82, 2.24) is 4.90 Å². The summed E-state index contributed by atoms with van der Waals surface area (Å²) in [6.45, 7) is 0. The highest BCUT2D eigenvalue weighted by atomic mass is 32.2. The Balaban J connectivity index is 1.87. The summed E-state index contributed by atoms with van der Waals surface area (Å²) in [7, 11) is -1.09. The molecule has 194 valence electrons. The van der Waals surface area contributed by atoms with Crippen LogP contribution in [0.2, 0.25) is 0 Å². The summed E-state index contributed by atoms with van der Waals surface area (Å²) in [5.41, 5.74) is 0.802. The lowest BCUT2D eigenvalue weighted by atomic mass is 9.52. The van der Waals surface area contributed by atoms with Gasteiger partial charge in [-0.05, 0) is 32.9 Å². The van der Waals surface area contributed by atoms with Crippen molar-refractivity contribution in [3.63, 3.8) is 0 Å². The minimum Gasteiger partial charge on any atom is -0.505 e. The standard InChI is InChI=1S/C22H24FN3O9S/c1-26(2)15-9-5-7-4-8-10(23)6-11(25-36(3,34)35)16(27)13(8)17(28)12(7)19(30)22(9,33)20(31)14(18(15)29)21(24)32/h6-7,9,12,14-15,25,27,33H,4-5H2,1-3H3,(H2,24,32)/t7-,9-,12?,14?,15-,22-/m0/s1. The Labute approximate surface area is 204 Å². The first-order valence-corrected chi connectivity index (χ1v) is 12.8. The molecular weight excluding hydrogens is 501 g/mol. The largest absolute Gasteiger partial charge is 0.505 e. The number of aromatic hydroxyl groups is 1. The summed E-state index contributed by atoms with van der Waals surface area (Å²) < 4.78 is 40.1. The Hall–Kier alpha value is -3.23. The number of hydrogen-bond acceptors (Lipinski definition) is 10. The van der Waals surface area contributed by atoms with Crippen LogP contribution < -0.4 is 10.5 Å². The van der Waals surface area contributed by atoms with E-state index >= 15 is 0 Å². The summed E-state index contributed by atoms with van der Waals surface area (Å²) >= 11 is 0. The van der Waals surface area contributed by atoms with Gasteiger partial charge >= 0.3 is 0 Å². The quantitative estimate of drug-likeness (QED) is 0.261. The summed E-state index contributed by atoms with van der Waals surface area (Å²) in [4.78, 5) is 66.5. The second kappa shape index (κ2) is 8.15. The molecule has 0 aliphatic heterocycles. The van der Waals surface area contributed by atoms with Crippen molar-refractivity contribution in [2.75, 3.05) is 25.1 Å². The molecule has 14 heteroatoms. The molecule has 2 fully saturated rings. The van der Waals surface area contributed by atoms with E-state index in [1.165, 1.54) is 19.0 Å². The minimum atomic E-state index is -3.98. The molecule has 2 saturated carbocycles. The number of phenols is 1. The van der Waals surface area contributed by atoms with Gasteiger partial charge in [0, 0.05) is 17.5 Å². The molecule has 6 atom stereocenters. The third kappa shape index (κ3) is 3.54. The number of aliphatic hydroxyl groups is 1. The highest BCUT2D eigenvalue weighted by Crippen LogP contribution is 2.51. The molecule has 1 aromatic carbocycles. The van der Waals surface area contributed by atoms with E-state index in [0.717, 1.165) is 6.26 Å². The van der Waals surface area contributed by atoms with Crippen molar-refractivity contribution in [2.24, 2.45) is 29.4 Å². The lowest BCUT2D eigenvalue weighted by Gasteiger charge is -2.52. The molecular formula is C22H24FN3O9S. The van der Waals surface area contributed by atoms with Gasteiger partial charge in [0.05, 0.1) is 29.5 Å². The SMILES string of the molecule is CN(C)[C@@H]1C(=O)C(C(N)=O)C(=O)[C@@]2(O)C(=O)C3C(=O)c4c(O)c(NS(C)(=O)=O)cc(F)c4C[C@H]3C[C@@H]12. The van der Waals surface area contributed by atoms with E-state index in [-0.39, 0.29) is 18.4 Å². The van der Waals surface area contributed by atoms with Crippen LogP contribution in [0.5, 0.6) is 5.75 Å². The number of nitrogens with zero attached hydrogens (tertiary/aromatic N) is 1. The van der Waals surface area contributed by atoms with Crippen LogP contribution in [0.3, 0.4) is 0 Å². The molecule has 0 aromatic heterocycles. The molecule has 36 heavy (non-hydrogen) atoms. The average Bonchev–Trinajstić information content (AvgIpc) is 2.72. The second-order valence-corrected chi connectivity index (χ2v) is 11.5. The summed E-state index contributed by atoms with van der Waals surface area (Å²) in [5.74, 6) is -14.1. The molecule has 0 spiro atoms. The van der Waals surface area contributed by atoms with Crippen LogP contribution >= 0.6 is 0 Å². The zero-order valence-electron chi connectivity index (χ0n) is 19.4. The number of fused-ring (bicyclic) bond motifs is 3. The van der Waals surface area contributed by atoms with Crippen LogP contribution in [-0.2, 0) is 35.6 Å². The van der Waals surface area contributed by atoms with Gasteiger partial charge in [-0.3, -0.25) is 33.6 Å². The third-order valence-corrected chi connectivity index (χ3v) is 7.89. The molecule has 12 nitrogen and oxygen atoms in total. The van der Waals surface area contributed by atoms with Gasteiger partial charge in [0.25, 0.3) is 0 Å². The molecule has 0 radical (unpaired) electrons. The van der Waals surface area contributed by atoms with Crippen molar-refractivity contribution in [3.8, 4) is 5.75 Å². The molecule has 0 heterocycles. The number of nitrogens with two attached hydrogens (primary N) is 1. The molecule has 0 bridgehead atoms. The minimum absolute atomic E-state index is 0.229. The first kappa shape index (κ1) is 25.9. The van der Waals surface area contributed by atoms with E-state index < -0.39 is 97.2 Å². The predicted octanol–water partition coefficient (Wildman–Crippen LogP) is -1.62. The summed E-state index contributed by atoms with van der Waals surface area (Å²) in [6, 6.07) is -0.566. The normalized spacial score (nSPS) is 32.1. The number of phenolic OH excluding ortho intramolecular Hbond substituents is 1. The maximum Gasteiger partial charge on any atom is 0.235 e. The number of likely N-dealkylation sites (N-methyl/N-ethyl adjacent to an activating group) is 1. The van der Waals surface area contributed by atoms with Crippen molar-refractivity contribution < 1.29 is 47.0 Å². The van der Waals surface area contributed by atoms with Gasteiger partial charge in [0.15, 0.2) is 40.4 Å². The van der Waals surface area contributed by atoms with Gasteiger partial charge in [-0.1, -0.05) is 0 Å². The molecule has 4 rings (SSSR count). The molecule has 3 aliphatic carbocycles. The van der Waals surface area contributed by atoms with Gasteiger partial charge < -0.3 is 15.9 Å². The lowest BCUT2D eigenvalue weighted by molar-refractivity contribution is -0.181. The number of nitrogens with one attached hydrogen (secondary N) is 1.